The molecule has 1 aromatic carbocycles. The van der Waals surface area contributed by atoms with Crippen molar-refractivity contribution >= 4 is 23.2 Å². The molecule has 2 aromatic rings. The number of benzene rings is 1. The maximum atomic E-state index is 13.4. The number of rotatable bonds is 10. The number of carbonyl (C=O) groups is 2. The molecule has 0 aliphatic carbocycles. The highest BCUT2D eigenvalue weighted by atomic mass is 32.1. The van der Waals surface area contributed by atoms with Crippen molar-refractivity contribution in [3.8, 4) is 11.5 Å². The second-order valence-corrected chi connectivity index (χ2v) is 8.83. The van der Waals surface area contributed by atoms with Gasteiger partial charge in [-0.1, -0.05) is 19.1 Å². The topological polar surface area (TPSA) is 68.3 Å². The first kappa shape index (κ1) is 24.1. The Labute approximate surface area is 193 Å². The number of hydrogen-bond acceptors (Lipinski definition) is 6. The molecular formula is C24H32N2O5S. The average molecular weight is 461 g/mol. The lowest BCUT2D eigenvalue weighted by Crippen LogP contribution is -2.50. The summed E-state index contributed by atoms with van der Waals surface area (Å²) < 4.78 is 16.5. The summed E-state index contributed by atoms with van der Waals surface area (Å²) >= 11 is 1.71. The Morgan fingerprint density at radius 3 is 2.66 bits per heavy atom. The number of thiophene rings is 1. The van der Waals surface area contributed by atoms with Crippen LogP contribution in [0, 0.1) is 0 Å². The average Bonchev–Trinajstić information content (AvgIpc) is 3.29. The van der Waals surface area contributed by atoms with E-state index >= 15 is 0 Å². The number of carbonyl (C=O) groups excluding carboxylic acids is 2. The molecule has 2 atom stereocenters. The van der Waals surface area contributed by atoms with Crippen LogP contribution in [0.5, 0.6) is 11.5 Å². The van der Waals surface area contributed by atoms with E-state index in [1.54, 1.807) is 23.3 Å². The minimum atomic E-state index is -0.223. The third-order valence-electron chi connectivity index (χ3n) is 5.90. The predicted molar refractivity (Wildman–Crippen MR) is 124 cm³/mol. The normalized spacial score (nSPS) is 16.2. The van der Waals surface area contributed by atoms with Crippen molar-refractivity contribution in [2.75, 3.05) is 40.5 Å². The number of hydrogen-bond donors (Lipinski definition) is 0. The van der Waals surface area contributed by atoms with Crippen molar-refractivity contribution < 1.29 is 23.8 Å². The first-order valence-corrected chi connectivity index (χ1v) is 11.8. The SMILES string of the molecule is CC[C@@H](C)N(CC(=O)N1CCc2sccc2[C@H]1COc1ccccc1OC)C(=O)COC. The van der Waals surface area contributed by atoms with Crippen molar-refractivity contribution in [2.24, 2.45) is 0 Å². The smallest absolute Gasteiger partial charge is 0.249 e. The van der Waals surface area contributed by atoms with Gasteiger partial charge in [0.25, 0.3) is 0 Å². The third-order valence-corrected chi connectivity index (χ3v) is 6.89. The molecule has 0 radical (unpaired) electrons. The summed E-state index contributed by atoms with van der Waals surface area (Å²) in [4.78, 5) is 30.7. The molecule has 1 aliphatic rings. The number of para-hydroxylation sites is 2. The summed E-state index contributed by atoms with van der Waals surface area (Å²) in [6.45, 7) is 4.86. The number of amides is 2. The molecular weight excluding hydrogens is 428 g/mol. The first-order chi connectivity index (χ1) is 15.5. The minimum absolute atomic E-state index is 0.0296. The maximum absolute atomic E-state index is 13.4. The molecule has 3 rings (SSSR count). The fraction of sp³-hybridized carbons (Fsp3) is 0.500. The van der Waals surface area contributed by atoms with Gasteiger partial charge in [0, 0.05) is 24.6 Å². The molecule has 0 saturated heterocycles. The van der Waals surface area contributed by atoms with E-state index in [0.29, 0.717) is 24.7 Å². The zero-order valence-corrected chi connectivity index (χ0v) is 20.0. The summed E-state index contributed by atoms with van der Waals surface area (Å²) in [6, 6.07) is 9.28. The molecule has 1 aromatic heterocycles. The first-order valence-electron chi connectivity index (χ1n) is 10.9. The molecule has 174 valence electrons. The highest BCUT2D eigenvalue weighted by Gasteiger charge is 2.34. The molecule has 8 heteroatoms. The summed E-state index contributed by atoms with van der Waals surface area (Å²) in [5.41, 5.74) is 1.11. The van der Waals surface area contributed by atoms with Crippen LogP contribution in [0.25, 0.3) is 0 Å². The molecule has 0 saturated carbocycles. The molecule has 2 amide bonds. The van der Waals surface area contributed by atoms with E-state index in [9.17, 15) is 9.59 Å². The highest BCUT2D eigenvalue weighted by Crippen LogP contribution is 2.35. The van der Waals surface area contributed by atoms with E-state index < -0.39 is 0 Å². The molecule has 7 nitrogen and oxygen atoms in total. The molecule has 2 heterocycles. The van der Waals surface area contributed by atoms with Crippen LogP contribution >= 0.6 is 11.3 Å². The van der Waals surface area contributed by atoms with Crippen molar-refractivity contribution in [2.45, 2.75) is 38.8 Å². The lowest BCUT2D eigenvalue weighted by atomic mass is 10.00. The van der Waals surface area contributed by atoms with Crippen molar-refractivity contribution in [3.05, 3.63) is 46.2 Å². The number of nitrogens with zero attached hydrogens (tertiary/aromatic N) is 2. The predicted octanol–water partition coefficient (Wildman–Crippen LogP) is 3.54. The monoisotopic (exact) mass is 460 g/mol. The number of fused-ring (bicyclic) bond motifs is 1. The molecule has 0 bridgehead atoms. The van der Waals surface area contributed by atoms with Gasteiger partial charge in [-0.15, -0.1) is 11.3 Å². The molecule has 1 aliphatic heterocycles. The number of methoxy groups -OCH3 is 2. The van der Waals surface area contributed by atoms with E-state index in [1.807, 2.05) is 43.0 Å². The van der Waals surface area contributed by atoms with E-state index in [2.05, 4.69) is 11.4 Å². The number of ether oxygens (including phenoxy) is 3. The van der Waals surface area contributed by atoms with Crippen LogP contribution in [0.1, 0.15) is 36.8 Å². The van der Waals surface area contributed by atoms with Crippen LogP contribution in [0.4, 0.5) is 0 Å². The minimum Gasteiger partial charge on any atom is -0.493 e. The summed E-state index contributed by atoms with van der Waals surface area (Å²) in [7, 11) is 3.10. The van der Waals surface area contributed by atoms with Crippen molar-refractivity contribution in [1.29, 1.82) is 0 Å². The Morgan fingerprint density at radius 2 is 1.97 bits per heavy atom. The van der Waals surface area contributed by atoms with Gasteiger partial charge in [-0.3, -0.25) is 9.59 Å². The summed E-state index contributed by atoms with van der Waals surface area (Å²) in [6.07, 6.45) is 1.57. The Kier molecular flexibility index (Phi) is 8.53. The fourth-order valence-electron chi connectivity index (χ4n) is 3.93. The van der Waals surface area contributed by atoms with Gasteiger partial charge in [-0.2, -0.15) is 0 Å². The van der Waals surface area contributed by atoms with Gasteiger partial charge in [0.1, 0.15) is 19.8 Å². The highest BCUT2D eigenvalue weighted by molar-refractivity contribution is 7.10. The molecule has 0 N–H and O–H groups in total. The Hall–Kier alpha value is -2.58. The molecule has 0 unspecified atom stereocenters. The van der Waals surface area contributed by atoms with Crippen LogP contribution in [0.3, 0.4) is 0 Å². The Balaban J connectivity index is 1.80. The Morgan fingerprint density at radius 1 is 1.22 bits per heavy atom. The Bertz CT molecular complexity index is 915. The van der Waals surface area contributed by atoms with Crippen LogP contribution < -0.4 is 9.47 Å². The lowest BCUT2D eigenvalue weighted by Gasteiger charge is -2.38. The summed E-state index contributed by atoms with van der Waals surface area (Å²) in [5, 5.41) is 2.06. The van der Waals surface area contributed by atoms with E-state index in [1.165, 1.54) is 12.0 Å². The van der Waals surface area contributed by atoms with Crippen molar-refractivity contribution in [1.82, 2.24) is 9.80 Å². The zero-order valence-electron chi connectivity index (χ0n) is 19.2. The second kappa shape index (κ2) is 11.3. The maximum Gasteiger partial charge on any atom is 0.249 e. The van der Waals surface area contributed by atoms with E-state index in [-0.39, 0.29) is 37.0 Å². The largest absolute Gasteiger partial charge is 0.493 e. The third kappa shape index (κ3) is 5.42. The van der Waals surface area contributed by atoms with Crippen LogP contribution in [-0.2, 0) is 20.7 Å². The fourth-order valence-corrected chi connectivity index (χ4v) is 4.86. The van der Waals surface area contributed by atoms with Crippen LogP contribution in [-0.4, -0.2) is 68.2 Å². The van der Waals surface area contributed by atoms with Gasteiger partial charge in [-0.25, -0.2) is 0 Å². The van der Waals surface area contributed by atoms with Crippen molar-refractivity contribution in [3.63, 3.8) is 0 Å². The van der Waals surface area contributed by atoms with Gasteiger partial charge < -0.3 is 24.0 Å². The van der Waals surface area contributed by atoms with Crippen LogP contribution in [0.15, 0.2) is 35.7 Å². The van der Waals surface area contributed by atoms with Gasteiger partial charge in [0.15, 0.2) is 11.5 Å². The van der Waals surface area contributed by atoms with E-state index in [0.717, 1.165) is 18.4 Å². The van der Waals surface area contributed by atoms with E-state index in [4.69, 9.17) is 14.2 Å². The van der Waals surface area contributed by atoms with Gasteiger partial charge in [-0.05, 0) is 48.9 Å². The molecule has 0 fully saturated rings. The standard InChI is InChI=1S/C24H32N2O5S/c1-5-17(2)26(24(28)16-29-3)14-23(27)25-12-10-22-18(11-13-32-22)19(25)15-31-21-9-7-6-8-20(21)30-4/h6-9,11,13,17,19H,5,10,12,14-16H2,1-4H3/t17-,19-/m1/s1. The zero-order chi connectivity index (χ0) is 23.1. The lowest BCUT2D eigenvalue weighted by molar-refractivity contribution is -0.146. The van der Waals surface area contributed by atoms with Gasteiger partial charge >= 0.3 is 0 Å². The quantitative estimate of drug-likeness (QED) is 0.543. The van der Waals surface area contributed by atoms with Gasteiger partial charge in [0.05, 0.1) is 13.2 Å². The van der Waals surface area contributed by atoms with Gasteiger partial charge in [0.2, 0.25) is 11.8 Å². The van der Waals surface area contributed by atoms with Crippen LogP contribution in [0.2, 0.25) is 0 Å². The second-order valence-electron chi connectivity index (χ2n) is 7.83. The molecule has 32 heavy (non-hydrogen) atoms. The summed E-state index contributed by atoms with van der Waals surface area (Å²) in [5.74, 6) is 1.03. The molecule has 0 spiro atoms.